The van der Waals surface area contributed by atoms with Crippen LogP contribution >= 0.6 is 0 Å². The lowest BCUT2D eigenvalue weighted by Crippen LogP contribution is -2.43. The molecule has 0 radical (unpaired) electrons. The molecule has 2 unspecified atom stereocenters. The molecule has 2 rings (SSSR count). The van der Waals surface area contributed by atoms with Gasteiger partial charge in [-0.1, -0.05) is 6.07 Å². The molecule has 21 heavy (non-hydrogen) atoms. The fourth-order valence-electron chi connectivity index (χ4n) is 2.43. The molecule has 5 nitrogen and oxygen atoms in total. The normalized spacial score (nSPS) is 21.3. The summed E-state index contributed by atoms with van der Waals surface area (Å²) in [6, 6.07) is 4.44. The Balaban J connectivity index is 2.08. The Bertz CT molecular complexity index is 510. The third-order valence-electron chi connectivity index (χ3n) is 3.72. The first-order valence-electron chi connectivity index (χ1n) is 7.01. The monoisotopic (exact) mass is 296 g/mol. The highest BCUT2D eigenvalue weighted by Gasteiger charge is 2.33. The molecule has 0 bridgehead atoms. The number of rotatable bonds is 5. The van der Waals surface area contributed by atoms with Crippen molar-refractivity contribution in [1.82, 2.24) is 4.90 Å². The summed E-state index contributed by atoms with van der Waals surface area (Å²) in [5, 5.41) is 0. The SMILES string of the molecule is CCN(Cc1ccc(OC)c(F)c1)C(=O)C1COCC1N. The maximum absolute atomic E-state index is 13.7. The second kappa shape index (κ2) is 6.87. The van der Waals surface area contributed by atoms with Gasteiger partial charge in [-0.15, -0.1) is 0 Å². The van der Waals surface area contributed by atoms with Gasteiger partial charge in [0.25, 0.3) is 0 Å². The van der Waals surface area contributed by atoms with Crippen LogP contribution in [0.2, 0.25) is 0 Å². The number of nitrogens with zero attached hydrogens (tertiary/aromatic N) is 1. The number of ether oxygens (including phenoxy) is 2. The van der Waals surface area contributed by atoms with E-state index in [4.69, 9.17) is 15.2 Å². The van der Waals surface area contributed by atoms with Crippen molar-refractivity contribution in [2.75, 3.05) is 26.9 Å². The van der Waals surface area contributed by atoms with Crippen LogP contribution in [-0.2, 0) is 16.1 Å². The van der Waals surface area contributed by atoms with Crippen molar-refractivity contribution in [2.45, 2.75) is 19.5 Å². The van der Waals surface area contributed by atoms with Gasteiger partial charge < -0.3 is 20.1 Å². The Labute approximate surface area is 123 Å². The van der Waals surface area contributed by atoms with Crippen molar-refractivity contribution in [3.63, 3.8) is 0 Å². The summed E-state index contributed by atoms with van der Waals surface area (Å²) >= 11 is 0. The van der Waals surface area contributed by atoms with Gasteiger partial charge in [0, 0.05) is 19.1 Å². The van der Waals surface area contributed by atoms with Gasteiger partial charge in [-0.05, 0) is 24.6 Å². The van der Waals surface area contributed by atoms with E-state index in [2.05, 4.69) is 0 Å². The predicted molar refractivity (Wildman–Crippen MR) is 76.3 cm³/mol. The molecular weight excluding hydrogens is 275 g/mol. The molecule has 1 fully saturated rings. The second-order valence-electron chi connectivity index (χ2n) is 5.13. The fourth-order valence-corrected chi connectivity index (χ4v) is 2.43. The standard InChI is InChI=1S/C15H21FN2O3/c1-3-18(15(19)11-8-21-9-13(11)17)7-10-4-5-14(20-2)12(16)6-10/h4-6,11,13H,3,7-9,17H2,1-2H3. The molecule has 2 N–H and O–H groups in total. The lowest BCUT2D eigenvalue weighted by Gasteiger charge is -2.25. The van der Waals surface area contributed by atoms with Crippen LogP contribution in [0.3, 0.4) is 0 Å². The Hall–Kier alpha value is -1.66. The van der Waals surface area contributed by atoms with Gasteiger partial charge in [-0.2, -0.15) is 0 Å². The lowest BCUT2D eigenvalue weighted by atomic mass is 10.0. The molecule has 6 heteroatoms. The van der Waals surface area contributed by atoms with Crippen molar-refractivity contribution in [2.24, 2.45) is 11.7 Å². The first kappa shape index (κ1) is 15.7. The zero-order valence-electron chi connectivity index (χ0n) is 12.3. The van der Waals surface area contributed by atoms with Crippen molar-refractivity contribution in [3.8, 4) is 5.75 Å². The predicted octanol–water partition coefficient (Wildman–Crippen LogP) is 1.16. The molecule has 1 aliphatic rings. The van der Waals surface area contributed by atoms with Crippen LogP contribution < -0.4 is 10.5 Å². The van der Waals surface area contributed by atoms with E-state index >= 15 is 0 Å². The molecule has 0 aliphatic carbocycles. The van der Waals surface area contributed by atoms with E-state index in [0.29, 0.717) is 26.3 Å². The first-order valence-corrected chi connectivity index (χ1v) is 7.01. The number of hydrogen-bond acceptors (Lipinski definition) is 4. The molecule has 116 valence electrons. The minimum atomic E-state index is -0.431. The van der Waals surface area contributed by atoms with Crippen LogP contribution in [0.1, 0.15) is 12.5 Å². The Kier molecular flexibility index (Phi) is 5.14. The van der Waals surface area contributed by atoms with E-state index in [1.54, 1.807) is 17.0 Å². The molecule has 1 heterocycles. The molecule has 1 aliphatic heterocycles. The van der Waals surface area contributed by atoms with Crippen LogP contribution in [0.15, 0.2) is 18.2 Å². The van der Waals surface area contributed by atoms with Crippen LogP contribution in [0, 0.1) is 11.7 Å². The van der Waals surface area contributed by atoms with Crippen molar-refractivity contribution in [1.29, 1.82) is 0 Å². The van der Waals surface area contributed by atoms with Crippen LogP contribution in [0.25, 0.3) is 0 Å². The molecule has 1 amide bonds. The van der Waals surface area contributed by atoms with E-state index in [1.807, 2.05) is 6.92 Å². The summed E-state index contributed by atoms with van der Waals surface area (Å²) in [6.07, 6.45) is 0. The van der Waals surface area contributed by atoms with Crippen molar-refractivity contribution >= 4 is 5.91 Å². The third-order valence-corrected chi connectivity index (χ3v) is 3.72. The molecule has 0 spiro atoms. The smallest absolute Gasteiger partial charge is 0.229 e. The number of carbonyl (C=O) groups is 1. The summed E-state index contributed by atoms with van der Waals surface area (Å²) in [6.45, 7) is 3.53. The van der Waals surface area contributed by atoms with Crippen LogP contribution in [-0.4, -0.2) is 43.7 Å². The van der Waals surface area contributed by atoms with Gasteiger partial charge in [0.05, 0.1) is 26.2 Å². The maximum Gasteiger partial charge on any atom is 0.229 e. The topological polar surface area (TPSA) is 64.8 Å². The summed E-state index contributed by atoms with van der Waals surface area (Å²) in [5.74, 6) is -0.592. The Morgan fingerprint density at radius 1 is 1.52 bits per heavy atom. The number of nitrogens with two attached hydrogens (primary N) is 1. The largest absolute Gasteiger partial charge is 0.494 e. The lowest BCUT2D eigenvalue weighted by molar-refractivity contribution is -0.136. The molecule has 1 aromatic rings. The molecule has 0 aromatic heterocycles. The van der Waals surface area contributed by atoms with E-state index in [9.17, 15) is 9.18 Å². The third kappa shape index (κ3) is 3.51. The van der Waals surface area contributed by atoms with Crippen molar-refractivity contribution < 1.29 is 18.7 Å². The average molecular weight is 296 g/mol. The number of benzene rings is 1. The number of carbonyl (C=O) groups excluding carboxylic acids is 1. The fraction of sp³-hybridized carbons (Fsp3) is 0.533. The highest BCUT2D eigenvalue weighted by Crippen LogP contribution is 2.20. The van der Waals surface area contributed by atoms with Gasteiger partial charge in [-0.25, -0.2) is 4.39 Å². The summed E-state index contributed by atoms with van der Waals surface area (Å²) in [5.41, 5.74) is 6.60. The molecule has 2 atom stereocenters. The number of hydrogen-bond donors (Lipinski definition) is 1. The van der Waals surface area contributed by atoms with Gasteiger partial charge >= 0.3 is 0 Å². The molecule has 0 saturated carbocycles. The zero-order chi connectivity index (χ0) is 15.4. The number of halogens is 1. The van der Waals surface area contributed by atoms with Gasteiger partial charge in [0.2, 0.25) is 5.91 Å². The Morgan fingerprint density at radius 2 is 2.29 bits per heavy atom. The highest BCUT2D eigenvalue weighted by molar-refractivity contribution is 5.80. The molecule has 1 aromatic carbocycles. The minimum absolute atomic E-state index is 0.0428. The summed E-state index contributed by atoms with van der Waals surface area (Å²) in [7, 11) is 1.42. The van der Waals surface area contributed by atoms with E-state index in [1.165, 1.54) is 13.2 Å². The van der Waals surface area contributed by atoms with E-state index in [0.717, 1.165) is 5.56 Å². The van der Waals surface area contributed by atoms with Gasteiger partial charge in [-0.3, -0.25) is 4.79 Å². The quantitative estimate of drug-likeness (QED) is 0.885. The number of amides is 1. The average Bonchev–Trinajstić information content (AvgIpc) is 2.90. The Morgan fingerprint density at radius 3 is 2.81 bits per heavy atom. The van der Waals surface area contributed by atoms with Crippen LogP contribution in [0.5, 0.6) is 5.75 Å². The summed E-state index contributed by atoms with van der Waals surface area (Å²) in [4.78, 5) is 14.1. The summed E-state index contributed by atoms with van der Waals surface area (Å²) < 4.78 is 23.8. The molecule has 1 saturated heterocycles. The van der Waals surface area contributed by atoms with Gasteiger partial charge in [0.15, 0.2) is 11.6 Å². The van der Waals surface area contributed by atoms with Gasteiger partial charge in [0.1, 0.15) is 0 Å². The zero-order valence-corrected chi connectivity index (χ0v) is 12.3. The first-order chi connectivity index (χ1) is 10.1. The minimum Gasteiger partial charge on any atom is -0.494 e. The second-order valence-corrected chi connectivity index (χ2v) is 5.13. The van der Waals surface area contributed by atoms with E-state index in [-0.39, 0.29) is 23.6 Å². The van der Waals surface area contributed by atoms with Crippen LogP contribution in [0.4, 0.5) is 4.39 Å². The van der Waals surface area contributed by atoms with E-state index < -0.39 is 5.82 Å². The maximum atomic E-state index is 13.7. The molecular formula is C15H21FN2O3. The highest BCUT2D eigenvalue weighted by atomic mass is 19.1. The number of methoxy groups -OCH3 is 1. The van der Waals surface area contributed by atoms with Crippen molar-refractivity contribution in [3.05, 3.63) is 29.6 Å².